The van der Waals surface area contributed by atoms with Gasteiger partial charge in [0.1, 0.15) is 11.4 Å². The lowest BCUT2D eigenvalue weighted by molar-refractivity contribution is -0.00596. The van der Waals surface area contributed by atoms with Gasteiger partial charge in [-0.15, -0.1) is 0 Å². The molecular weight excluding hydrogens is 190 g/mol. The third kappa shape index (κ3) is 2.52. The first-order valence-corrected chi connectivity index (χ1v) is 5.95. The SMILES string of the molecule is CN1CCCC(O)(C2=CCCCO2)CC1. The second-order valence-electron chi connectivity index (χ2n) is 4.75. The van der Waals surface area contributed by atoms with Crippen LogP contribution in [0.2, 0.25) is 0 Å². The maximum Gasteiger partial charge on any atom is 0.124 e. The van der Waals surface area contributed by atoms with Gasteiger partial charge in [0.2, 0.25) is 0 Å². The van der Waals surface area contributed by atoms with Gasteiger partial charge in [-0.25, -0.2) is 0 Å². The molecule has 2 rings (SSSR count). The molecule has 1 atom stereocenters. The first-order chi connectivity index (χ1) is 7.21. The molecule has 0 saturated carbocycles. The zero-order valence-corrected chi connectivity index (χ0v) is 9.54. The summed E-state index contributed by atoms with van der Waals surface area (Å²) in [5.74, 6) is 0.837. The van der Waals surface area contributed by atoms with Crippen molar-refractivity contribution in [1.82, 2.24) is 4.90 Å². The Bertz CT molecular complexity index is 252. The Morgan fingerprint density at radius 2 is 2.20 bits per heavy atom. The van der Waals surface area contributed by atoms with Gasteiger partial charge in [-0.05, 0) is 51.8 Å². The van der Waals surface area contributed by atoms with E-state index in [0.717, 1.165) is 57.6 Å². The van der Waals surface area contributed by atoms with Crippen LogP contribution in [0.15, 0.2) is 11.8 Å². The third-order valence-electron chi connectivity index (χ3n) is 3.43. The number of hydrogen-bond donors (Lipinski definition) is 1. The summed E-state index contributed by atoms with van der Waals surface area (Å²) in [5, 5.41) is 10.6. The van der Waals surface area contributed by atoms with Crippen LogP contribution in [0.1, 0.15) is 32.1 Å². The summed E-state index contributed by atoms with van der Waals surface area (Å²) in [4.78, 5) is 2.28. The molecule has 3 heteroatoms. The lowest BCUT2D eigenvalue weighted by atomic mass is 9.91. The van der Waals surface area contributed by atoms with Crippen LogP contribution in [0.25, 0.3) is 0 Å². The normalized spacial score (nSPS) is 34.1. The molecule has 1 N–H and O–H groups in total. The number of hydrogen-bond acceptors (Lipinski definition) is 3. The van der Waals surface area contributed by atoms with Crippen molar-refractivity contribution < 1.29 is 9.84 Å². The molecule has 0 aliphatic carbocycles. The van der Waals surface area contributed by atoms with Crippen molar-refractivity contribution in [2.24, 2.45) is 0 Å². The predicted molar refractivity (Wildman–Crippen MR) is 59.6 cm³/mol. The van der Waals surface area contributed by atoms with E-state index in [4.69, 9.17) is 4.74 Å². The smallest absolute Gasteiger partial charge is 0.124 e. The van der Waals surface area contributed by atoms with Crippen LogP contribution in [-0.2, 0) is 4.74 Å². The van der Waals surface area contributed by atoms with E-state index in [2.05, 4.69) is 18.0 Å². The van der Waals surface area contributed by atoms with Gasteiger partial charge in [-0.1, -0.05) is 0 Å². The largest absolute Gasteiger partial charge is 0.495 e. The summed E-state index contributed by atoms with van der Waals surface area (Å²) >= 11 is 0. The Morgan fingerprint density at radius 3 is 2.93 bits per heavy atom. The minimum atomic E-state index is -0.689. The number of allylic oxidation sites excluding steroid dienone is 1. The zero-order valence-electron chi connectivity index (χ0n) is 9.54. The molecular formula is C12H21NO2. The molecule has 1 unspecified atom stereocenters. The fourth-order valence-electron chi connectivity index (χ4n) is 2.38. The first kappa shape index (κ1) is 11.0. The van der Waals surface area contributed by atoms with Gasteiger partial charge in [0, 0.05) is 6.54 Å². The quantitative estimate of drug-likeness (QED) is 0.714. The van der Waals surface area contributed by atoms with E-state index in [1.165, 1.54) is 0 Å². The molecule has 0 amide bonds. The van der Waals surface area contributed by atoms with E-state index in [-0.39, 0.29) is 0 Å². The molecule has 3 nitrogen and oxygen atoms in total. The Morgan fingerprint density at radius 1 is 1.33 bits per heavy atom. The Kier molecular flexibility index (Phi) is 3.32. The highest BCUT2D eigenvalue weighted by atomic mass is 16.5. The van der Waals surface area contributed by atoms with E-state index in [1.54, 1.807) is 0 Å². The Hall–Kier alpha value is -0.540. The van der Waals surface area contributed by atoms with E-state index >= 15 is 0 Å². The number of ether oxygens (including phenoxy) is 1. The third-order valence-corrected chi connectivity index (χ3v) is 3.43. The second kappa shape index (κ2) is 4.54. The number of likely N-dealkylation sites (tertiary alicyclic amines) is 1. The van der Waals surface area contributed by atoms with Gasteiger partial charge in [0.25, 0.3) is 0 Å². The summed E-state index contributed by atoms with van der Waals surface area (Å²) in [6.07, 6.45) is 6.90. The van der Waals surface area contributed by atoms with Crippen LogP contribution in [0.5, 0.6) is 0 Å². The van der Waals surface area contributed by atoms with Crippen LogP contribution in [0, 0.1) is 0 Å². The zero-order chi connectivity index (χ0) is 10.7. The number of nitrogens with zero attached hydrogens (tertiary/aromatic N) is 1. The molecule has 0 radical (unpaired) electrons. The van der Waals surface area contributed by atoms with E-state index in [0.29, 0.717) is 0 Å². The van der Waals surface area contributed by atoms with Gasteiger partial charge >= 0.3 is 0 Å². The predicted octanol–water partition coefficient (Wildman–Crippen LogP) is 1.53. The molecule has 2 aliphatic heterocycles. The minimum absolute atomic E-state index is 0.689. The van der Waals surface area contributed by atoms with Crippen molar-refractivity contribution in [3.05, 3.63) is 11.8 Å². The fraction of sp³-hybridized carbons (Fsp3) is 0.833. The molecule has 0 bridgehead atoms. The second-order valence-corrected chi connectivity index (χ2v) is 4.75. The van der Waals surface area contributed by atoms with E-state index < -0.39 is 5.60 Å². The molecule has 15 heavy (non-hydrogen) atoms. The van der Waals surface area contributed by atoms with Crippen molar-refractivity contribution in [2.45, 2.75) is 37.7 Å². The molecule has 0 aromatic heterocycles. The Balaban J connectivity index is 2.06. The van der Waals surface area contributed by atoms with Gasteiger partial charge in [-0.3, -0.25) is 0 Å². The lowest BCUT2D eigenvalue weighted by Crippen LogP contribution is -2.34. The maximum absolute atomic E-state index is 10.6. The van der Waals surface area contributed by atoms with Crippen LogP contribution in [0.4, 0.5) is 0 Å². The maximum atomic E-state index is 10.6. The van der Waals surface area contributed by atoms with E-state index in [1.807, 2.05) is 0 Å². The minimum Gasteiger partial charge on any atom is -0.495 e. The summed E-state index contributed by atoms with van der Waals surface area (Å²) in [6, 6.07) is 0. The highest BCUT2D eigenvalue weighted by Crippen LogP contribution is 2.32. The molecule has 86 valence electrons. The van der Waals surface area contributed by atoms with E-state index in [9.17, 15) is 5.11 Å². The molecule has 2 heterocycles. The van der Waals surface area contributed by atoms with Gasteiger partial charge < -0.3 is 14.7 Å². The summed E-state index contributed by atoms with van der Waals surface area (Å²) in [6.45, 7) is 2.80. The van der Waals surface area contributed by atoms with Crippen molar-refractivity contribution in [3.8, 4) is 0 Å². The van der Waals surface area contributed by atoms with Crippen LogP contribution >= 0.6 is 0 Å². The fourth-order valence-corrected chi connectivity index (χ4v) is 2.38. The topological polar surface area (TPSA) is 32.7 Å². The van der Waals surface area contributed by atoms with Crippen molar-refractivity contribution in [2.75, 3.05) is 26.7 Å². The molecule has 1 saturated heterocycles. The highest BCUT2D eigenvalue weighted by molar-refractivity contribution is 5.12. The summed E-state index contributed by atoms with van der Waals surface area (Å²) < 4.78 is 5.60. The van der Waals surface area contributed by atoms with Crippen molar-refractivity contribution >= 4 is 0 Å². The molecule has 2 aliphatic rings. The Labute approximate surface area is 91.7 Å². The number of aliphatic hydroxyl groups is 1. The molecule has 0 aromatic rings. The van der Waals surface area contributed by atoms with Crippen LogP contribution in [-0.4, -0.2) is 42.4 Å². The van der Waals surface area contributed by atoms with Crippen molar-refractivity contribution in [1.29, 1.82) is 0 Å². The van der Waals surface area contributed by atoms with Gasteiger partial charge in [0.05, 0.1) is 6.61 Å². The average molecular weight is 211 g/mol. The highest BCUT2D eigenvalue weighted by Gasteiger charge is 2.35. The van der Waals surface area contributed by atoms with Gasteiger partial charge in [0.15, 0.2) is 0 Å². The summed E-state index contributed by atoms with van der Waals surface area (Å²) in [7, 11) is 2.11. The monoisotopic (exact) mass is 211 g/mol. The van der Waals surface area contributed by atoms with Crippen molar-refractivity contribution in [3.63, 3.8) is 0 Å². The molecule has 0 spiro atoms. The standard InChI is InChI=1S/C12H21NO2/c1-13-8-4-6-12(14,7-9-13)11-5-2-3-10-15-11/h5,14H,2-4,6-10H2,1H3. The first-order valence-electron chi connectivity index (χ1n) is 5.95. The van der Waals surface area contributed by atoms with Crippen LogP contribution in [0.3, 0.4) is 0 Å². The molecule has 1 fully saturated rings. The van der Waals surface area contributed by atoms with Gasteiger partial charge in [-0.2, -0.15) is 0 Å². The lowest BCUT2D eigenvalue weighted by Gasteiger charge is -2.31. The molecule has 0 aromatic carbocycles. The number of rotatable bonds is 1. The average Bonchev–Trinajstić information content (AvgIpc) is 2.44. The summed E-state index contributed by atoms with van der Waals surface area (Å²) in [5.41, 5.74) is -0.689. The van der Waals surface area contributed by atoms with Crippen LogP contribution < -0.4 is 0 Å².